The van der Waals surface area contributed by atoms with Crippen LogP contribution in [0.4, 0.5) is 4.39 Å². The first kappa shape index (κ1) is 20.9. The predicted molar refractivity (Wildman–Crippen MR) is 95.1 cm³/mol. The van der Waals surface area contributed by atoms with Gasteiger partial charge in [-0.05, 0) is 41.9 Å². The van der Waals surface area contributed by atoms with Crippen LogP contribution in [0.3, 0.4) is 0 Å². The molecule has 0 radical (unpaired) electrons. The topological polar surface area (TPSA) is 101 Å². The number of hydrogen-bond donors (Lipinski definition) is 3. The quantitative estimate of drug-likeness (QED) is 0.699. The molecule has 0 saturated heterocycles. The summed E-state index contributed by atoms with van der Waals surface area (Å²) in [6.07, 6.45) is -0.138. The van der Waals surface area contributed by atoms with Crippen molar-refractivity contribution in [2.24, 2.45) is 5.73 Å². The summed E-state index contributed by atoms with van der Waals surface area (Å²) >= 11 is 6.17. The van der Waals surface area contributed by atoms with Gasteiger partial charge in [-0.1, -0.05) is 23.7 Å². The van der Waals surface area contributed by atoms with Crippen molar-refractivity contribution in [1.82, 2.24) is 0 Å². The first-order valence-electron chi connectivity index (χ1n) is 7.08. The molecule has 2 aromatic carbocycles. The smallest absolute Gasteiger partial charge is 0.338 e. The Morgan fingerprint density at radius 1 is 1.16 bits per heavy atom. The lowest BCUT2D eigenvalue weighted by atomic mass is 9.92. The summed E-state index contributed by atoms with van der Waals surface area (Å²) in [5.74, 6) is -3.61. The van der Waals surface area contributed by atoms with Crippen molar-refractivity contribution in [2.75, 3.05) is 6.54 Å². The van der Waals surface area contributed by atoms with E-state index in [1.165, 1.54) is 12.1 Å². The van der Waals surface area contributed by atoms with E-state index < -0.39 is 29.2 Å². The highest BCUT2D eigenvalue weighted by Crippen LogP contribution is 2.33. The molecule has 5 nitrogen and oxygen atoms in total. The highest BCUT2D eigenvalue weighted by Gasteiger charge is 2.17. The summed E-state index contributed by atoms with van der Waals surface area (Å²) in [5, 5.41) is 18.3. The number of aliphatic carboxylic acids is 1. The van der Waals surface area contributed by atoms with Crippen LogP contribution in [-0.2, 0) is 4.79 Å². The van der Waals surface area contributed by atoms with Crippen LogP contribution < -0.4 is 5.73 Å². The molecule has 0 saturated carbocycles. The zero-order valence-corrected chi connectivity index (χ0v) is 14.5. The number of nitrogens with two attached hydrogens (primary N) is 1. The van der Waals surface area contributed by atoms with E-state index >= 15 is 0 Å². The van der Waals surface area contributed by atoms with Crippen molar-refractivity contribution in [3.8, 4) is 11.1 Å². The van der Waals surface area contributed by atoms with Crippen molar-refractivity contribution < 1.29 is 24.2 Å². The molecule has 0 aliphatic heterocycles. The number of carboxylic acid groups (broad SMARTS) is 2. The number of halogens is 3. The normalized spacial score (nSPS) is 11.5. The molecule has 0 fully saturated rings. The summed E-state index contributed by atoms with van der Waals surface area (Å²) in [6.45, 7) is 0.136. The first-order valence-corrected chi connectivity index (χ1v) is 7.45. The molecule has 0 aromatic heterocycles. The number of rotatable bonds is 6. The third-order valence-corrected chi connectivity index (χ3v) is 4.00. The van der Waals surface area contributed by atoms with Gasteiger partial charge in [0.05, 0.1) is 12.0 Å². The monoisotopic (exact) mass is 387 g/mol. The Balaban J connectivity index is 0.00000312. The van der Waals surface area contributed by atoms with Gasteiger partial charge in [0.2, 0.25) is 0 Å². The molecule has 0 bridgehead atoms. The summed E-state index contributed by atoms with van der Waals surface area (Å²) in [7, 11) is 0. The predicted octanol–water partition coefficient (Wildman–Crippen LogP) is 3.78. The fraction of sp³-hybridized carbons (Fsp3) is 0.176. The minimum Gasteiger partial charge on any atom is -0.481 e. The molecule has 0 heterocycles. The summed E-state index contributed by atoms with van der Waals surface area (Å²) in [4.78, 5) is 22.0. The molecular formula is C17H16Cl2FNO4. The minimum atomic E-state index is -1.38. The number of carbonyl (C=O) groups is 2. The van der Waals surface area contributed by atoms with Crippen LogP contribution >= 0.6 is 24.0 Å². The second-order valence-corrected chi connectivity index (χ2v) is 5.68. The molecule has 0 aliphatic rings. The molecule has 134 valence electrons. The van der Waals surface area contributed by atoms with Gasteiger partial charge in [-0.2, -0.15) is 0 Å². The van der Waals surface area contributed by atoms with Crippen LogP contribution in [0.2, 0.25) is 5.02 Å². The Hall–Kier alpha value is -2.15. The van der Waals surface area contributed by atoms with Crippen molar-refractivity contribution >= 4 is 35.9 Å². The number of aromatic carboxylic acids is 1. The van der Waals surface area contributed by atoms with E-state index in [1.807, 2.05) is 0 Å². The van der Waals surface area contributed by atoms with Crippen LogP contribution in [0, 0.1) is 5.82 Å². The summed E-state index contributed by atoms with van der Waals surface area (Å²) in [6, 6.07) is 8.58. The van der Waals surface area contributed by atoms with Gasteiger partial charge in [-0.15, -0.1) is 12.4 Å². The van der Waals surface area contributed by atoms with E-state index in [0.717, 1.165) is 6.07 Å². The molecule has 2 aromatic rings. The van der Waals surface area contributed by atoms with Gasteiger partial charge in [0.15, 0.2) is 0 Å². The molecule has 2 rings (SSSR count). The molecule has 0 aliphatic carbocycles. The Labute approximate surface area is 154 Å². The Morgan fingerprint density at radius 2 is 1.84 bits per heavy atom. The lowest BCUT2D eigenvalue weighted by molar-refractivity contribution is -0.137. The Morgan fingerprint density at radius 3 is 2.40 bits per heavy atom. The molecule has 25 heavy (non-hydrogen) atoms. The first-order chi connectivity index (χ1) is 11.3. The largest absolute Gasteiger partial charge is 0.481 e. The average Bonchev–Trinajstić information content (AvgIpc) is 2.53. The SMILES string of the molecule is Cl.NC[C@H](CC(=O)O)c1ccc(Cl)c(-c2ccc(F)c(C(=O)O)c2)c1. The van der Waals surface area contributed by atoms with E-state index in [-0.39, 0.29) is 25.4 Å². The van der Waals surface area contributed by atoms with Crippen LogP contribution in [0.5, 0.6) is 0 Å². The minimum absolute atomic E-state index is 0. The highest BCUT2D eigenvalue weighted by molar-refractivity contribution is 6.33. The molecule has 0 amide bonds. The number of benzene rings is 2. The fourth-order valence-corrected chi connectivity index (χ4v) is 2.65. The zero-order chi connectivity index (χ0) is 17.9. The van der Waals surface area contributed by atoms with Gasteiger partial charge in [0.1, 0.15) is 5.82 Å². The molecule has 0 spiro atoms. The third kappa shape index (κ3) is 4.92. The Kier molecular flexibility index (Phi) is 7.36. The van der Waals surface area contributed by atoms with Gasteiger partial charge < -0.3 is 15.9 Å². The van der Waals surface area contributed by atoms with Crippen molar-refractivity contribution in [3.05, 3.63) is 58.4 Å². The summed E-state index contributed by atoms with van der Waals surface area (Å²) in [5.41, 5.74) is 6.75. The molecule has 4 N–H and O–H groups in total. The van der Waals surface area contributed by atoms with Gasteiger partial charge in [-0.25, -0.2) is 9.18 Å². The summed E-state index contributed by atoms with van der Waals surface area (Å²) < 4.78 is 13.5. The van der Waals surface area contributed by atoms with Crippen molar-refractivity contribution in [3.63, 3.8) is 0 Å². The van der Waals surface area contributed by atoms with E-state index in [9.17, 15) is 14.0 Å². The van der Waals surface area contributed by atoms with Gasteiger partial charge in [-0.3, -0.25) is 4.79 Å². The molecular weight excluding hydrogens is 372 g/mol. The van der Waals surface area contributed by atoms with E-state index in [4.69, 9.17) is 27.5 Å². The maximum absolute atomic E-state index is 13.5. The number of hydrogen-bond acceptors (Lipinski definition) is 3. The second-order valence-electron chi connectivity index (χ2n) is 5.27. The van der Waals surface area contributed by atoms with Crippen LogP contribution in [0.25, 0.3) is 11.1 Å². The molecule has 1 atom stereocenters. The molecule has 8 heteroatoms. The standard InChI is InChI=1S/C17H15ClFNO4.ClH/c18-14-3-1-9(11(8-20)7-16(21)22)5-12(14)10-2-4-15(19)13(6-10)17(23)24;/h1-6,11H,7-8,20H2,(H,21,22)(H,23,24);1H/t11-;/m0./s1. The average molecular weight is 388 g/mol. The second kappa shape index (κ2) is 8.80. The number of carboxylic acids is 2. The Bertz CT molecular complexity index is 798. The lowest BCUT2D eigenvalue weighted by Gasteiger charge is -2.15. The van der Waals surface area contributed by atoms with E-state index in [1.54, 1.807) is 18.2 Å². The van der Waals surface area contributed by atoms with Gasteiger partial charge >= 0.3 is 11.9 Å². The lowest BCUT2D eigenvalue weighted by Crippen LogP contribution is -2.16. The maximum Gasteiger partial charge on any atom is 0.338 e. The van der Waals surface area contributed by atoms with Crippen LogP contribution in [0.15, 0.2) is 36.4 Å². The van der Waals surface area contributed by atoms with Crippen LogP contribution in [-0.4, -0.2) is 28.7 Å². The van der Waals surface area contributed by atoms with E-state index in [0.29, 0.717) is 21.7 Å². The van der Waals surface area contributed by atoms with Gasteiger partial charge in [0.25, 0.3) is 0 Å². The van der Waals surface area contributed by atoms with Gasteiger partial charge in [0, 0.05) is 16.5 Å². The zero-order valence-electron chi connectivity index (χ0n) is 12.9. The van der Waals surface area contributed by atoms with Crippen LogP contribution in [0.1, 0.15) is 28.3 Å². The highest BCUT2D eigenvalue weighted by atomic mass is 35.5. The van der Waals surface area contributed by atoms with Crippen molar-refractivity contribution in [1.29, 1.82) is 0 Å². The molecule has 0 unspecified atom stereocenters. The van der Waals surface area contributed by atoms with Crippen molar-refractivity contribution in [2.45, 2.75) is 12.3 Å². The maximum atomic E-state index is 13.5. The fourth-order valence-electron chi connectivity index (χ4n) is 2.42. The third-order valence-electron chi connectivity index (χ3n) is 3.68. The van der Waals surface area contributed by atoms with E-state index in [2.05, 4.69) is 0 Å².